The van der Waals surface area contributed by atoms with Crippen LogP contribution in [0, 0.1) is 0 Å². The molecule has 0 atom stereocenters. The number of anilines is 1. The van der Waals surface area contributed by atoms with Gasteiger partial charge in [0, 0.05) is 6.20 Å². The van der Waals surface area contributed by atoms with Gasteiger partial charge in [0.25, 0.3) is 0 Å². The summed E-state index contributed by atoms with van der Waals surface area (Å²) in [4.78, 5) is 4.07. The molecule has 1 aromatic heterocycles. The molecule has 6 heteroatoms. The zero-order valence-electron chi connectivity index (χ0n) is 13.2. The molecule has 0 saturated carbocycles. The lowest BCUT2D eigenvalue weighted by Gasteiger charge is -2.06. The number of rotatable bonds is 6. The normalized spacial score (nSPS) is 10.8. The first-order valence-electron chi connectivity index (χ1n) is 7.57. The van der Waals surface area contributed by atoms with E-state index in [1.807, 2.05) is 54.6 Å². The van der Waals surface area contributed by atoms with Gasteiger partial charge in [-0.3, -0.25) is 5.43 Å². The van der Waals surface area contributed by atoms with Crippen LogP contribution in [0.4, 0.5) is 5.82 Å². The van der Waals surface area contributed by atoms with Crippen molar-refractivity contribution in [1.82, 2.24) is 4.98 Å². The van der Waals surface area contributed by atoms with E-state index in [0.717, 1.165) is 16.9 Å². The average molecular weight is 372 g/mol. The standard InChI is InChI=1S/C19H15Cl2N3O/c20-16-10-18(21)19(22-12-16)24-23-11-14-6-8-17(9-7-14)25-13-15-4-2-1-3-5-15/h1-12H,13H2,(H,22,24)/b23-11+. The number of pyridine rings is 1. The molecule has 2 aromatic carbocycles. The number of nitrogens with one attached hydrogen (secondary N) is 1. The third-order valence-corrected chi connectivity index (χ3v) is 3.82. The Labute approximate surface area is 156 Å². The van der Waals surface area contributed by atoms with Gasteiger partial charge < -0.3 is 4.74 Å². The maximum absolute atomic E-state index is 6.02. The highest BCUT2D eigenvalue weighted by Crippen LogP contribution is 2.22. The van der Waals surface area contributed by atoms with Crippen molar-refractivity contribution in [3.05, 3.63) is 88.0 Å². The summed E-state index contributed by atoms with van der Waals surface area (Å²) in [7, 11) is 0. The van der Waals surface area contributed by atoms with Gasteiger partial charge in [-0.1, -0.05) is 53.5 Å². The van der Waals surface area contributed by atoms with E-state index in [1.54, 1.807) is 12.3 Å². The van der Waals surface area contributed by atoms with Crippen molar-refractivity contribution in [1.29, 1.82) is 0 Å². The molecule has 0 spiro atoms. The fourth-order valence-corrected chi connectivity index (χ4v) is 2.48. The van der Waals surface area contributed by atoms with Gasteiger partial charge in [-0.25, -0.2) is 4.98 Å². The highest BCUT2D eigenvalue weighted by Gasteiger charge is 2.01. The minimum absolute atomic E-state index is 0.411. The van der Waals surface area contributed by atoms with Crippen molar-refractivity contribution in [2.45, 2.75) is 6.61 Å². The Kier molecular flexibility index (Phi) is 5.88. The van der Waals surface area contributed by atoms with E-state index in [-0.39, 0.29) is 0 Å². The molecule has 4 nitrogen and oxygen atoms in total. The van der Waals surface area contributed by atoms with E-state index in [0.29, 0.717) is 22.5 Å². The van der Waals surface area contributed by atoms with Gasteiger partial charge in [0.1, 0.15) is 12.4 Å². The van der Waals surface area contributed by atoms with Crippen LogP contribution < -0.4 is 10.2 Å². The fraction of sp³-hybridized carbons (Fsp3) is 0.0526. The van der Waals surface area contributed by atoms with Crippen LogP contribution in [0.2, 0.25) is 10.0 Å². The van der Waals surface area contributed by atoms with Crippen LogP contribution in [0.1, 0.15) is 11.1 Å². The van der Waals surface area contributed by atoms with E-state index in [2.05, 4.69) is 15.5 Å². The summed E-state index contributed by atoms with van der Waals surface area (Å²) in [6.07, 6.45) is 3.18. The summed E-state index contributed by atoms with van der Waals surface area (Å²) in [6, 6.07) is 19.3. The first-order valence-corrected chi connectivity index (χ1v) is 8.33. The Morgan fingerprint density at radius 2 is 1.80 bits per heavy atom. The summed E-state index contributed by atoms with van der Waals surface area (Å²) >= 11 is 11.8. The van der Waals surface area contributed by atoms with Gasteiger partial charge in [0.2, 0.25) is 0 Å². The molecule has 25 heavy (non-hydrogen) atoms. The molecule has 0 aliphatic rings. The van der Waals surface area contributed by atoms with E-state index in [1.165, 1.54) is 6.20 Å². The second kappa shape index (κ2) is 8.51. The lowest BCUT2D eigenvalue weighted by Crippen LogP contribution is -1.96. The number of aromatic nitrogens is 1. The van der Waals surface area contributed by atoms with Gasteiger partial charge in [-0.15, -0.1) is 0 Å². The van der Waals surface area contributed by atoms with Crippen molar-refractivity contribution in [3.63, 3.8) is 0 Å². The zero-order valence-corrected chi connectivity index (χ0v) is 14.7. The lowest BCUT2D eigenvalue weighted by molar-refractivity contribution is 0.306. The Morgan fingerprint density at radius 3 is 2.52 bits per heavy atom. The van der Waals surface area contributed by atoms with Crippen molar-refractivity contribution in [3.8, 4) is 5.75 Å². The summed E-state index contributed by atoms with van der Waals surface area (Å²) in [5.74, 6) is 1.25. The van der Waals surface area contributed by atoms with Crippen LogP contribution in [0.5, 0.6) is 5.75 Å². The van der Waals surface area contributed by atoms with Crippen molar-refractivity contribution < 1.29 is 4.74 Å². The molecule has 0 fully saturated rings. The smallest absolute Gasteiger partial charge is 0.165 e. The maximum Gasteiger partial charge on any atom is 0.165 e. The number of hydrogen-bond acceptors (Lipinski definition) is 4. The third kappa shape index (κ3) is 5.21. The predicted molar refractivity (Wildman–Crippen MR) is 103 cm³/mol. The van der Waals surface area contributed by atoms with Crippen LogP contribution in [0.25, 0.3) is 0 Å². The van der Waals surface area contributed by atoms with Crippen molar-refractivity contribution in [2.75, 3.05) is 5.43 Å². The predicted octanol–water partition coefficient (Wildman–Crippen LogP) is 5.41. The Hall–Kier alpha value is -2.56. The second-order valence-corrected chi connectivity index (χ2v) is 6.04. The Balaban J connectivity index is 1.55. The van der Waals surface area contributed by atoms with Crippen LogP contribution in [0.3, 0.4) is 0 Å². The number of ether oxygens (including phenoxy) is 1. The van der Waals surface area contributed by atoms with E-state index in [4.69, 9.17) is 27.9 Å². The largest absolute Gasteiger partial charge is 0.489 e. The molecule has 0 aliphatic heterocycles. The molecule has 3 aromatic rings. The molecule has 0 bridgehead atoms. The number of nitrogens with zero attached hydrogens (tertiary/aromatic N) is 2. The molecule has 0 amide bonds. The van der Waals surface area contributed by atoms with Crippen LogP contribution >= 0.6 is 23.2 Å². The highest BCUT2D eigenvalue weighted by molar-refractivity contribution is 6.35. The van der Waals surface area contributed by atoms with Gasteiger partial charge in [-0.2, -0.15) is 5.10 Å². The lowest BCUT2D eigenvalue weighted by atomic mass is 10.2. The summed E-state index contributed by atoms with van der Waals surface area (Å²) in [6.45, 7) is 0.538. The van der Waals surface area contributed by atoms with Gasteiger partial charge in [0.05, 0.1) is 16.3 Å². The number of hydrogen-bond donors (Lipinski definition) is 1. The van der Waals surface area contributed by atoms with E-state index >= 15 is 0 Å². The summed E-state index contributed by atoms with van der Waals surface area (Å²) in [5, 5.41) is 5.01. The van der Waals surface area contributed by atoms with Crippen LogP contribution in [-0.2, 0) is 6.61 Å². The quantitative estimate of drug-likeness (QED) is 0.465. The molecule has 1 N–H and O–H groups in total. The van der Waals surface area contributed by atoms with E-state index in [9.17, 15) is 0 Å². The average Bonchev–Trinajstić information content (AvgIpc) is 2.64. The maximum atomic E-state index is 6.02. The topological polar surface area (TPSA) is 46.5 Å². The van der Waals surface area contributed by atoms with Crippen LogP contribution in [0.15, 0.2) is 72.0 Å². The van der Waals surface area contributed by atoms with E-state index < -0.39 is 0 Å². The number of benzene rings is 2. The number of halogens is 2. The Morgan fingerprint density at radius 1 is 1.04 bits per heavy atom. The molecular formula is C19H15Cl2N3O. The minimum atomic E-state index is 0.411. The van der Waals surface area contributed by atoms with Crippen molar-refractivity contribution >= 4 is 35.2 Å². The molecule has 126 valence electrons. The van der Waals surface area contributed by atoms with Gasteiger partial charge >= 0.3 is 0 Å². The highest BCUT2D eigenvalue weighted by atomic mass is 35.5. The second-order valence-electron chi connectivity index (χ2n) is 5.20. The molecule has 0 unspecified atom stereocenters. The van der Waals surface area contributed by atoms with Gasteiger partial charge in [-0.05, 0) is 41.5 Å². The van der Waals surface area contributed by atoms with Crippen LogP contribution in [-0.4, -0.2) is 11.2 Å². The SMILES string of the molecule is Clc1cnc(N/N=C/c2ccc(OCc3ccccc3)cc2)c(Cl)c1. The Bertz CT molecular complexity index is 852. The summed E-state index contributed by atoms with van der Waals surface area (Å²) < 4.78 is 5.75. The monoisotopic (exact) mass is 371 g/mol. The molecule has 1 heterocycles. The molecule has 0 saturated heterocycles. The van der Waals surface area contributed by atoms with Crippen molar-refractivity contribution in [2.24, 2.45) is 5.10 Å². The molecular weight excluding hydrogens is 357 g/mol. The molecule has 3 rings (SSSR count). The first kappa shape index (κ1) is 17.3. The molecule has 0 radical (unpaired) electrons. The molecule has 0 aliphatic carbocycles. The first-order chi connectivity index (χ1) is 12.2. The zero-order chi connectivity index (χ0) is 17.5. The fourth-order valence-electron chi connectivity index (χ4n) is 2.06. The third-order valence-electron chi connectivity index (χ3n) is 3.32. The summed E-state index contributed by atoms with van der Waals surface area (Å²) in [5.41, 5.74) is 4.84. The minimum Gasteiger partial charge on any atom is -0.489 e. The number of hydrazone groups is 1. The van der Waals surface area contributed by atoms with Gasteiger partial charge in [0.15, 0.2) is 5.82 Å².